The molecule has 1 aliphatic carbocycles. The van der Waals surface area contributed by atoms with Gasteiger partial charge >= 0.3 is 0 Å². The third kappa shape index (κ3) is 3.09. The van der Waals surface area contributed by atoms with Crippen molar-refractivity contribution in [1.82, 2.24) is 5.32 Å². The molecule has 1 aromatic carbocycles. The van der Waals surface area contributed by atoms with E-state index in [1.54, 1.807) is 12.1 Å². The predicted octanol–water partition coefficient (Wildman–Crippen LogP) is 3.84. The molecule has 1 aromatic rings. The highest BCUT2D eigenvalue weighted by molar-refractivity contribution is 6.30. The lowest BCUT2D eigenvalue weighted by Gasteiger charge is -2.40. The molecule has 1 aliphatic heterocycles. The highest BCUT2D eigenvalue weighted by Gasteiger charge is 2.28. The molecule has 20 heavy (non-hydrogen) atoms. The topological polar surface area (TPSA) is 15.3 Å². The molecular weight excluding hydrogens is 275 g/mol. The number of benzene rings is 1. The van der Waals surface area contributed by atoms with Crippen molar-refractivity contribution >= 4 is 17.3 Å². The van der Waals surface area contributed by atoms with Gasteiger partial charge in [0.05, 0.1) is 5.69 Å². The normalized spacial score (nSPS) is 24.9. The van der Waals surface area contributed by atoms with E-state index in [2.05, 4.69) is 10.2 Å². The van der Waals surface area contributed by atoms with Crippen molar-refractivity contribution in [2.45, 2.75) is 38.1 Å². The fourth-order valence-electron chi connectivity index (χ4n) is 3.59. The summed E-state index contributed by atoms with van der Waals surface area (Å²) in [5.74, 6) is 0.545. The zero-order valence-corrected chi connectivity index (χ0v) is 12.5. The van der Waals surface area contributed by atoms with E-state index in [0.717, 1.165) is 25.6 Å². The van der Waals surface area contributed by atoms with E-state index in [0.29, 0.717) is 16.8 Å². The fourth-order valence-corrected chi connectivity index (χ4v) is 3.75. The molecule has 0 radical (unpaired) electrons. The largest absolute Gasteiger partial charge is 0.366 e. The molecule has 1 atom stereocenters. The summed E-state index contributed by atoms with van der Waals surface area (Å²) in [7, 11) is 0. The van der Waals surface area contributed by atoms with Crippen LogP contribution in [0.5, 0.6) is 0 Å². The predicted molar refractivity (Wildman–Crippen MR) is 82.0 cm³/mol. The first-order valence-corrected chi connectivity index (χ1v) is 8.05. The number of piperazine rings is 1. The Morgan fingerprint density at radius 1 is 1.20 bits per heavy atom. The Balaban J connectivity index is 1.71. The first kappa shape index (κ1) is 14.2. The zero-order chi connectivity index (χ0) is 13.9. The molecule has 3 rings (SSSR count). The Morgan fingerprint density at radius 3 is 2.75 bits per heavy atom. The van der Waals surface area contributed by atoms with E-state index < -0.39 is 0 Å². The van der Waals surface area contributed by atoms with Crippen LogP contribution in [-0.2, 0) is 0 Å². The van der Waals surface area contributed by atoms with E-state index in [9.17, 15) is 4.39 Å². The van der Waals surface area contributed by atoms with E-state index >= 15 is 0 Å². The zero-order valence-electron chi connectivity index (χ0n) is 11.7. The number of hydrogen-bond donors (Lipinski definition) is 1. The number of rotatable bonds is 2. The summed E-state index contributed by atoms with van der Waals surface area (Å²) in [4.78, 5) is 2.17. The van der Waals surface area contributed by atoms with Gasteiger partial charge in [-0.1, -0.05) is 30.9 Å². The second-order valence-corrected chi connectivity index (χ2v) is 6.44. The molecule has 0 aromatic heterocycles. The van der Waals surface area contributed by atoms with Crippen LogP contribution in [0.15, 0.2) is 18.2 Å². The van der Waals surface area contributed by atoms with Gasteiger partial charge in [-0.2, -0.15) is 0 Å². The van der Waals surface area contributed by atoms with Crippen molar-refractivity contribution in [3.63, 3.8) is 0 Å². The van der Waals surface area contributed by atoms with Crippen LogP contribution >= 0.6 is 11.6 Å². The lowest BCUT2D eigenvalue weighted by molar-refractivity contribution is 0.257. The Hall–Kier alpha value is -0.800. The van der Waals surface area contributed by atoms with Crippen molar-refractivity contribution in [3.05, 3.63) is 29.0 Å². The van der Waals surface area contributed by atoms with Crippen LogP contribution in [0, 0.1) is 11.7 Å². The minimum Gasteiger partial charge on any atom is -0.366 e. The average molecular weight is 297 g/mol. The molecule has 1 unspecified atom stereocenters. The number of anilines is 1. The molecule has 1 N–H and O–H groups in total. The standard InChI is InChI=1S/C16H22ClFN2/c17-13-6-7-16(14(18)10-13)20-9-8-19-15(11-20)12-4-2-1-3-5-12/h6-7,10,12,15,19H,1-5,8-9,11H2. The van der Waals surface area contributed by atoms with Gasteiger partial charge in [-0.15, -0.1) is 0 Å². The van der Waals surface area contributed by atoms with Crippen molar-refractivity contribution in [1.29, 1.82) is 0 Å². The summed E-state index contributed by atoms with van der Waals surface area (Å²) in [5.41, 5.74) is 0.691. The van der Waals surface area contributed by atoms with Crippen LogP contribution in [0.25, 0.3) is 0 Å². The number of hydrogen-bond acceptors (Lipinski definition) is 2. The lowest BCUT2D eigenvalue weighted by atomic mass is 9.83. The van der Waals surface area contributed by atoms with E-state index in [-0.39, 0.29) is 5.82 Å². The molecule has 110 valence electrons. The molecule has 1 heterocycles. The molecule has 4 heteroatoms. The summed E-state index contributed by atoms with van der Waals surface area (Å²) >= 11 is 5.84. The molecule has 1 saturated heterocycles. The summed E-state index contributed by atoms with van der Waals surface area (Å²) in [5, 5.41) is 4.09. The molecule has 2 aliphatic rings. The third-order valence-corrected chi connectivity index (χ3v) is 4.91. The third-order valence-electron chi connectivity index (χ3n) is 4.67. The maximum absolute atomic E-state index is 14.1. The second kappa shape index (κ2) is 6.31. The molecule has 0 bridgehead atoms. The van der Waals surface area contributed by atoms with Gasteiger partial charge in [0.1, 0.15) is 5.82 Å². The summed E-state index contributed by atoms with van der Waals surface area (Å²) in [6.45, 7) is 2.70. The molecule has 1 saturated carbocycles. The van der Waals surface area contributed by atoms with Crippen molar-refractivity contribution in [2.75, 3.05) is 24.5 Å². The monoisotopic (exact) mass is 296 g/mol. The highest BCUT2D eigenvalue weighted by Crippen LogP contribution is 2.30. The van der Waals surface area contributed by atoms with Crippen LogP contribution in [0.4, 0.5) is 10.1 Å². The van der Waals surface area contributed by atoms with E-state index in [4.69, 9.17) is 11.6 Å². The van der Waals surface area contributed by atoms with Crippen molar-refractivity contribution in [2.24, 2.45) is 5.92 Å². The SMILES string of the molecule is Fc1cc(Cl)ccc1N1CCNC(C2CCCCC2)C1. The van der Waals surface area contributed by atoms with Gasteiger partial charge in [-0.25, -0.2) is 4.39 Å². The second-order valence-electron chi connectivity index (χ2n) is 6.00. The summed E-state index contributed by atoms with van der Waals surface area (Å²) in [6, 6.07) is 5.49. The molecule has 0 spiro atoms. The maximum Gasteiger partial charge on any atom is 0.147 e. The van der Waals surface area contributed by atoms with Gasteiger partial charge in [0.15, 0.2) is 0 Å². The number of halogens is 2. The van der Waals surface area contributed by atoms with Crippen molar-refractivity contribution < 1.29 is 4.39 Å². The van der Waals surface area contributed by atoms with Crippen molar-refractivity contribution in [3.8, 4) is 0 Å². The van der Waals surface area contributed by atoms with Crippen LogP contribution in [0.3, 0.4) is 0 Å². The highest BCUT2D eigenvalue weighted by atomic mass is 35.5. The van der Waals surface area contributed by atoms with Crippen LogP contribution in [-0.4, -0.2) is 25.7 Å². The summed E-state index contributed by atoms with van der Waals surface area (Å²) in [6.07, 6.45) is 6.69. The molecular formula is C16H22ClFN2. The van der Waals surface area contributed by atoms with E-state index in [1.807, 2.05) is 0 Å². The van der Waals surface area contributed by atoms with Gasteiger partial charge < -0.3 is 10.2 Å². The van der Waals surface area contributed by atoms with Gasteiger partial charge in [0.2, 0.25) is 0 Å². The minimum absolute atomic E-state index is 0.207. The Labute approximate surface area is 125 Å². The van der Waals surface area contributed by atoms with Crippen LogP contribution < -0.4 is 10.2 Å². The van der Waals surface area contributed by atoms with Gasteiger partial charge in [0.25, 0.3) is 0 Å². The van der Waals surface area contributed by atoms with Gasteiger partial charge in [-0.05, 0) is 37.0 Å². The smallest absolute Gasteiger partial charge is 0.147 e. The summed E-state index contributed by atoms with van der Waals surface area (Å²) < 4.78 is 14.1. The number of nitrogens with one attached hydrogen (secondary N) is 1. The molecule has 0 amide bonds. The Kier molecular flexibility index (Phi) is 4.47. The molecule has 2 nitrogen and oxygen atoms in total. The minimum atomic E-state index is -0.207. The Bertz CT molecular complexity index is 460. The number of nitrogens with zero attached hydrogens (tertiary/aromatic N) is 1. The first-order valence-electron chi connectivity index (χ1n) is 7.67. The van der Waals surface area contributed by atoms with Crippen LogP contribution in [0.2, 0.25) is 5.02 Å². The van der Waals surface area contributed by atoms with Crippen LogP contribution in [0.1, 0.15) is 32.1 Å². The quantitative estimate of drug-likeness (QED) is 0.892. The fraction of sp³-hybridized carbons (Fsp3) is 0.625. The average Bonchev–Trinajstić information content (AvgIpc) is 2.48. The molecule has 2 fully saturated rings. The maximum atomic E-state index is 14.1. The van der Waals surface area contributed by atoms with E-state index in [1.165, 1.54) is 38.2 Å². The van der Waals surface area contributed by atoms with Gasteiger partial charge in [-0.3, -0.25) is 0 Å². The lowest BCUT2D eigenvalue weighted by Crippen LogP contribution is -2.54. The first-order chi connectivity index (χ1) is 9.74. The Morgan fingerprint density at radius 2 is 2.00 bits per heavy atom. The van der Waals surface area contributed by atoms with Gasteiger partial charge in [0, 0.05) is 30.7 Å².